The second-order valence-electron chi connectivity index (χ2n) is 27.4. The summed E-state index contributed by atoms with van der Waals surface area (Å²) < 4.78 is 68.3. The Kier molecular flexibility index (Phi) is 60.3. The molecule has 0 bridgehead atoms. The van der Waals surface area contributed by atoms with Crippen molar-refractivity contribution < 1.29 is 80.2 Å². The molecule has 0 aliphatic heterocycles. The second-order valence-corrected chi connectivity index (χ2v) is 30.3. The van der Waals surface area contributed by atoms with Crippen LogP contribution in [0.5, 0.6) is 0 Å². The zero-order chi connectivity index (χ0) is 67.5. The molecule has 0 aromatic rings. The minimum atomic E-state index is -4.96. The lowest BCUT2D eigenvalue weighted by molar-refractivity contribution is -0.161. The number of carbonyl (C=O) groups excluding carboxylic acids is 4. The van der Waals surface area contributed by atoms with Crippen molar-refractivity contribution in [1.82, 2.24) is 0 Å². The Labute approximate surface area is 556 Å². The monoisotopic (exact) mass is 1340 g/mol. The number of esters is 4. The molecular formula is C72H140O17P2. The van der Waals surface area contributed by atoms with Crippen LogP contribution in [0.15, 0.2) is 0 Å². The van der Waals surface area contributed by atoms with Crippen molar-refractivity contribution in [2.45, 2.75) is 375 Å². The van der Waals surface area contributed by atoms with Crippen molar-refractivity contribution in [1.29, 1.82) is 0 Å². The molecule has 0 amide bonds. The molecule has 0 radical (unpaired) electrons. The molecule has 0 aromatic carbocycles. The van der Waals surface area contributed by atoms with Gasteiger partial charge >= 0.3 is 39.5 Å². The Morgan fingerprint density at radius 1 is 0.308 bits per heavy atom. The highest BCUT2D eigenvalue weighted by Crippen LogP contribution is 2.45. The van der Waals surface area contributed by atoms with Gasteiger partial charge in [0.25, 0.3) is 0 Å². The van der Waals surface area contributed by atoms with E-state index in [4.69, 9.17) is 37.0 Å². The smallest absolute Gasteiger partial charge is 0.462 e. The van der Waals surface area contributed by atoms with Crippen molar-refractivity contribution in [3.8, 4) is 0 Å². The highest BCUT2D eigenvalue weighted by Gasteiger charge is 2.30. The van der Waals surface area contributed by atoms with Crippen molar-refractivity contribution in [2.75, 3.05) is 39.6 Å². The highest BCUT2D eigenvalue weighted by atomic mass is 31.2. The van der Waals surface area contributed by atoms with E-state index in [9.17, 15) is 43.2 Å². The first-order valence-electron chi connectivity index (χ1n) is 37.3. The van der Waals surface area contributed by atoms with Gasteiger partial charge in [-0.25, -0.2) is 9.13 Å². The lowest BCUT2D eigenvalue weighted by Gasteiger charge is -2.21. The minimum Gasteiger partial charge on any atom is -0.462 e. The highest BCUT2D eigenvalue weighted by molar-refractivity contribution is 7.47. The maximum absolute atomic E-state index is 13.0. The predicted molar refractivity (Wildman–Crippen MR) is 367 cm³/mol. The van der Waals surface area contributed by atoms with Crippen molar-refractivity contribution in [2.24, 2.45) is 23.7 Å². The van der Waals surface area contributed by atoms with Gasteiger partial charge in [0.2, 0.25) is 0 Å². The molecule has 0 saturated carbocycles. The first-order chi connectivity index (χ1) is 43.7. The lowest BCUT2D eigenvalue weighted by Crippen LogP contribution is -2.30. The van der Waals surface area contributed by atoms with Crippen molar-refractivity contribution >= 4 is 39.5 Å². The number of rotatable bonds is 69. The maximum atomic E-state index is 13.0. The van der Waals surface area contributed by atoms with E-state index in [0.29, 0.717) is 31.6 Å². The SMILES string of the molecule is CCC(C)CCCCCCCCCCCCCCCCC(=O)O[C@H](COC(=O)CCCCCCCCCCCCCC(C)C)COP(=O)(O)OC[C@@H](O)COP(=O)(O)OC[C@@H](COC(=O)CCCCCCCCC(C)C)OC(=O)CCCCCCCCC(C)CC. The van der Waals surface area contributed by atoms with Crippen LogP contribution in [-0.2, 0) is 65.4 Å². The van der Waals surface area contributed by atoms with Crippen LogP contribution in [0.4, 0.5) is 0 Å². The number of phosphoric ester groups is 2. The van der Waals surface area contributed by atoms with Gasteiger partial charge in [0.05, 0.1) is 26.4 Å². The summed E-state index contributed by atoms with van der Waals surface area (Å²) in [5.74, 6) is 0.886. The van der Waals surface area contributed by atoms with Gasteiger partial charge in [0, 0.05) is 25.7 Å². The molecule has 0 fully saturated rings. The molecule has 19 heteroatoms. The van der Waals surface area contributed by atoms with Gasteiger partial charge in [-0.15, -0.1) is 0 Å². The van der Waals surface area contributed by atoms with Crippen LogP contribution in [0, 0.1) is 23.7 Å². The molecule has 0 spiro atoms. The molecule has 4 unspecified atom stereocenters. The second kappa shape index (κ2) is 61.6. The van der Waals surface area contributed by atoms with E-state index in [1.165, 1.54) is 154 Å². The Morgan fingerprint density at radius 3 is 0.780 bits per heavy atom. The summed E-state index contributed by atoms with van der Waals surface area (Å²) in [6.45, 7) is 14.1. The average Bonchev–Trinajstić information content (AvgIpc) is 2.99. The number of aliphatic hydroxyl groups excluding tert-OH is 1. The molecule has 3 N–H and O–H groups in total. The van der Waals surface area contributed by atoms with Crippen LogP contribution in [0.2, 0.25) is 0 Å². The van der Waals surface area contributed by atoms with Crippen molar-refractivity contribution in [3.63, 3.8) is 0 Å². The number of aliphatic hydroxyl groups is 1. The van der Waals surface area contributed by atoms with E-state index < -0.39 is 97.5 Å². The first-order valence-corrected chi connectivity index (χ1v) is 40.3. The zero-order valence-corrected chi connectivity index (χ0v) is 61.3. The quantitative estimate of drug-likeness (QED) is 0.0222. The third kappa shape index (κ3) is 63.9. The summed E-state index contributed by atoms with van der Waals surface area (Å²) in [6.07, 6.45) is 44.6. The molecule has 0 aliphatic carbocycles. The molecule has 0 rings (SSSR count). The third-order valence-corrected chi connectivity index (χ3v) is 19.2. The van der Waals surface area contributed by atoms with Gasteiger partial charge in [-0.2, -0.15) is 0 Å². The molecule has 91 heavy (non-hydrogen) atoms. The van der Waals surface area contributed by atoms with Gasteiger partial charge < -0.3 is 33.8 Å². The number of carbonyl (C=O) groups is 4. The first kappa shape index (κ1) is 89.1. The van der Waals surface area contributed by atoms with E-state index in [2.05, 4.69) is 55.4 Å². The number of phosphoric acid groups is 2. The number of hydrogen-bond acceptors (Lipinski definition) is 15. The number of unbranched alkanes of at least 4 members (excludes halogenated alkanes) is 33. The minimum absolute atomic E-state index is 0.101. The van der Waals surface area contributed by atoms with Crippen molar-refractivity contribution in [3.05, 3.63) is 0 Å². The Bertz CT molecular complexity index is 1800. The average molecular weight is 1340 g/mol. The molecular weight excluding hydrogens is 1200 g/mol. The van der Waals surface area contributed by atoms with Gasteiger partial charge in [-0.1, -0.05) is 306 Å². The standard InChI is InChI=1S/C72H140O17P2/c1-9-64(7)50-42-34-25-21-17-13-11-12-14-18-23-27-38-46-54-71(76)88-67(58-82-69(74)52-44-36-26-22-19-15-16-20-24-32-40-48-62(3)4)60-86-90(78,79)84-56-66(73)57-85-91(80,81)87-61-68(59-83-70(75)53-45-37-30-28-33-41-49-63(5)6)89-72(77)55-47-39-31-29-35-43-51-65(8)10-2/h62-68,73H,9-61H2,1-8H3,(H,78,79)(H,80,81)/t64?,65?,66-,67-,68-/m1/s1. The molecule has 0 saturated heterocycles. The Hall–Kier alpha value is -1.94. The van der Waals surface area contributed by atoms with Crippen LogP contribution < -0.4 is 0 Å². The topological polar surface area (TPSA) is 237 Å². The van der Waals surface area contributed by atoms with Crippen LogP contribution in [-0.4, -0.2) is 96.7 Å². The molecule has 0 aliphatic rings. The van der Waals surface area contributed by atoms with E-state index >= 15 is 0 Å². The summed E-state index contributed by atoms with van der Waals surface area (Å²) in [7, 11) is -9.90. The molecule has 0 heterocycles. The van der Waals surface area contributed by atoms with Gasteiger partial charge in [0.1, 0.15) is 19.3 Å². The summed E-state index contributed by atoms with van der Waals surface area (Å²) >= 11 is 0. The van der Waals surface area contributed by atoms with Crippen LogP contribution in [0.3, 0.4) is 0 Å². The lowest BCUT2D eigenvalue weighted by atomic mass is 9.99. The summed E-state index contributed by atoms with van der Waals surface area (Å²) in [6, 6.07) is 0. The van der Waals surface area contributed by atoms with Gasteiger partial charge in [-0.3, -0.25) is 37.3 Å². The van der Waals surface area contributed by atoms with Gasteiger partial charge in [0.15, 0.2) is 12.2 Å². The normalized spacial score (nSPS) is 14.8. The molecule has 7 atom stereocenters. The summed E-state index contributed by atoms with van der Waals surface area (Å²) in [5, 5.41) is 10.6. The Morgan fingerprint density at radius 2 is 0.527 bits per heavy atom. The molecule has 17 nitrogen and oxygen atoms in total. The van der Waals surface area contributed by atoms with Crippen LogP contribution in [0.25, 0.3) is 0 Å². The van der Waals surface area contributed by atoms with E-state index in [-0.39, 0.29) is 25.7 Å². The van der Waals surface area contributed by atoms with Crippen LogP contribution >= 0.6 is 15.6 Å². The van der Waals surface area contributed by atoms with E-state index in [0.717, 1.165) is 114 Å². The fourth-order valence-electron chi connectivity index (χ4n) is 10.8. The fraction of sp³-hybridized carbons (Fsp3) is 0.944. The number of hydrogen-bond donors (Lipinski definition) is 3. The van der Waals surface area contributed by atoms with E-state index in [1.807, 2.05) is 0 Å². The third-order valence-electron chi connectivity index (χ3n) is 17.3. The maximum Gasteiger partial charge on any atom is 0.472 e. The number of ether oxygens (including phenoxy) is 4. The molecule has 540 valence electrons. The van der Waals surface area contributed by atoms with Gasteiger partial charge in [-0.05, 0) is 49.4 Å². The summed E-state index contributed by atoms with van der Waals surface area (Å²) in [5.41, 5.74) is 0. The largest absolute Gasteiger partial charge is 0.472 e. The Balaban J connectivity index is 5.23. The predicted octanol–water partition coefficient (Wildman–Crippen LogP) is 20.5. The molecule has 0 aromatic heterocycles. The zero-order valence-electron chi connectivity index (χ0n) is 59.5. The van der Waals surface area contributed by atoms with E-state index in [1.54, 1.807) is 0 Å². The van der Waals surface area contributed by atoms with Crippen LogP contribution in [0.1, 0.15) is 357 Å². The fourth-order valence-corrected chi connectivity index (χ4v) is 12.4. The summed E-state index contributed by atoms with van der Waals surface area (Å²) in [4.78, 5) is 72.6.